The van der Waals surface area contributed by atoms with Crippen molar-refractivity contribution in [2.24, 2.45) is 0 Å². The number of carbonyl (C=O) groups is 2. The topological polar surface area (TPSA) is 81.4 Å². The maximum absolute atomic E-state index is 11.2. The summed E-state index contributed by atoms with van der Waals surface area (Å²) in [6.45, 7) is 2.64. The van der Waals surface area contributed by atoms with E-state index in [9.17, 15) is 9.59 Å². The maximum atomic E-state index is 11.2. The first-order chi connectivity index (χ1) is 8.06. The zero-order chi connectivity index (χ0) is 12.8. The molecule has 1 heterocycles. The van der Waals surface area contributed by atoms with Crippen LogP contribution in [0, 0.1) is 0 Å². The molecule has 17 heavy (non-hydrogen) atoms. The highest BCUT2D eigenvalue weighted by molar-refractivity contribution is 5.73. The first kappa shape index (κ1) is 13.2. The largest absolute Gasteiger partial charge is 0.481 e. The molecule has 6 nitrogen and oxygen atoms in total. The van der Waals surface area contributed by atoms with Crippen molar-refractivity contribution in [1.82, 2.24) is 9.78 Å². The Morgan fingerprint density at radius 2 is 2.24 bits per heavy atom. The number of nitrogens with zero attached hydrogens (tertiary/aromatic N) is 2. The van der Waals surface area contributed by atoms with Crippen molar-refractivity contribution in [3.63, 3.8) is 0 Å². The number of esters is 1. The number of carboxylic acid groups (broad SMARTS) is 1. The van der Waals surface area contributed by atoms with Crippen molar-refractivity contribution < 1.29 is 19.4 Å². The van der Waals surface area contributed by atoms with Crippen molar-refractivity contribution >= 4 is 11.9 Å². The number of hydrogen-bond acceptors (Lipinski definition) is 4. The molecule has 1 aromatic rings. The van der Waals surface area contributed by atoms with E-state index in [-0.39, 0.29) is 12.8 Å². The Balaban J connectivity index is 2.81. The standard InChI is InChI=1S/C11H16N2O4/c1-3-13-5-4-9(12-13)8(6-10(14)15)7-11(16)17-2/h4-5,8H,3,6-7H2,1-2H3,(H,14,15). The van der Waals surface area contributed by atoms with Crippen LogP contribution in [-0.4, -0.2) is 33.9 Å². The molecule has 0 saturated carbocycles. The molecule has 0 aromatic carbocycles. The second-order valence-electron chi connectivity index (χ2n) is 3.67. The molecule has 0 amide bonds. The number of carboxylic acids is 1. The van der Waals surface area contributed by atoms with Crippen LogP contribution in [-0.2, 0) is 20.9 Å². The number of hydrogen-bond donors (Lipinski definition) is 1. The molecule has 1 N–H and O–H groups in total. The first-order valence-electron chi connectivity index (χ1n) is 5.38. The van der Waals surface area contributed by atoms with Crippen molar-refractivity contribution in [2.75, 3.05) is 7.11 Å². The highest BCUT2D eigenvalue weighted by Crippen LogP contribution is 2.22. The van der Waals surface area contributed by atoms with Crippen molar-refractivity contribution in [2.45, 2.75) is 32.2 Å². The highest BCUT2D eigenvalue weighted by Gasteiger charge is 2.21. The minimum Gasteiger partial charge on any atom is -0.481 e. The Kier molecular flexibility index (Phi) is 4.68. The molecule has 1 atom stereocenters. The van der Waals surface area contributed by atoms with Gasteiger partial charge in [0.25, 0.3) is 0 Å². The molecule has 0 aliphatic rings. The van der Waals surface area contributed by atoms with E-state index in [4.69, 9.17) is 5.11 Å². The summed E-state index contributed by atoms with van der Waals surface area (Å²) < 4.78 is 6.25. The monoisotopic (exact) mass is 240 g/mol. The maximum Gasteiger partial charge on any atom is 0.306 e. The fourth-order valence-corrected chi connectivity index (χ4v) is 1.55. The van der Waals surface area contributed by atoms with Gasteiger partial charge in [0.05, 0.1) is 25.6 Å². The molecule has 0 fully saturated rings. The predicted octanol–water partition coefficient (Wildman–Crippen LogP) is 1.02. The Morgan fingerprint density at radius 3 is 2.71 bits per heavy atom. The van der Waals surface area contributed by atoms with E-state index in [1.165, 1.54) is 7.11 Å². The lowest BCUT2D eigenvalue weighted by atomic mass is 9.98. The summed E-state index contributed by atoms with van der Waals surface area (Å²) in [4.78, 5) is 21.9. The quantitative estimate of drug-likeness (QED) is 0.751. The number of aryl methyl sites for hydroxylation is 1. The molecule has 0 bridgehead atoms. The van der Waals surface area contributed by atoms with E-state index in [1.54, 1.807) is 16.9 Å². The molecular weight excluding hydrogens is 224 g/mol. The molecule has 1 unspecified atom stereocenters. The van der Waals surface area contributed by atoms with Crippen LogP contribution in [0.25, 0.3) is 0 Å². The normalized spacial score (nSPS) is 12.1. The third-order valence-corrected chi connectivity index (χ3v) is 2.47. The number of rotatable bonds is 6. The molecule has 1 aromatic heterocycles. The number of aromatic nitrogens is 2. The lowest BCUT2D eigenvalue weighted by Crippen LogP contribution is -2.13. The molecule has 0 aliphatic heterocycles. The van der Waals surface area contributed by atoms with Crippen LogP contribution in [0.5, 0.6) is 0 Å². The van der Waals surface area contributed by atoms with E-state index in [2.05, 4.69) is 9.84 Å². The van der Waals surface area contributed by atoms with Crippen LogP contribution in [0.3, 0.4) is 0 Å². The van der Waals surface area contributed by atoms with Gasteiger partial charge in [0, 0.05) is 18.7 Å². The molecule has 0 saturated heterocycles. The third-order valence-electron chi connectivity index (χ3n) is 2.47. The van der Waals surface area contributed by atoms with Gasteiger partial charge in [0.1, 0.15) is 0 Å². The van der Waals surface area contributed by atoms with Gasteiger partial charge in [0.2, 0.25) is 0 Å². The fraction of sp³-hybridized carbons (Fsp3) is 0.545. The number of aliphatic carboxylic acids is 1. The Labute approximate surface area is 99.2 Å². The minimum absolute atomic E-state index is 0.0313. The van der Waals surface area contributed by atoms with Gasteiger partial charge < -0.3 is 9.84 Å². The number of methoxy groups -OCH3 is 1. The van der Waals surface area contributed by atoms with Gasteiger partial charge in [-0.1, -0.05) is 0 Å². The van der Waals surface area contributed by atoms with Crippen LogP contribution in [0.15, 0.2) is 12.3 Å². The summed E-state index contributed by atoms with van der Waals surface area (Å²) in [6.07, 6.45) is 1.67. The average molecular weight is 240 g/mol. The molecular formula is C11H16N2O4. The van der Waals surface area contributed by atoms with Gasteiger partial charge in [-0.05, 0) is 13.0 Å². The van der Waals surface area contributed by atoms with Crippen molar-refractivity contribution in [3.8, 4) is 0 Å². The van der Waals surface area contributed by atoms with Crippen LogP contribution in [0.4, 0.5) is 0 Å². The van der Waals surface area contributed by atoms with E-state index in [0.29, 0.717) is 12.2 Å². The van der Waals surface area contributed by atoms with Crippen LogP contribution in [0.2, 0.25) is 0 Å². The van der Waals surface area contributed by atoms with Gasteiger partial charge in [-0.3, -0.25) is 14.3 Å². The zero-order valence-electron chi connectivity index (χ0n) is 9.92. The Bertz CT molecular complexity index is 400. The van der Waals surface area contributed by atoms with Crippen molar-refractivity contribution in [1.29, 1.82) is 0 Å². The lowest BCUT2D eigenvalue weighted by molar-refractivity contribution is -0.141. The van der Waals surface area contributed by atoms with Gasteiger partial charge in [-0.2, -0.15) is 5.10 Å². The van der Waals surface area contributed by atoms with E-state index >= 15 is 0 Å². The van der Waals surface area contributed by atoms with E-state index < -0.39 is 17.9 Å². The second kappa shape index (κ2) is 6.03. The average Bonchev–Trinajstić information content (AvgIpc) is 2.75. The summed E-state index contributed by atoms with van der Waals surface area (Å²) in [5.74, 6) is -1.82. The van der Waals surface area contributed by atoms with Gasteiger partial charge in [-0.25, -0.2) is 0 Å². The highest BCUT2D eigenvalue weighted by atomic mass is 16.5. The third kappa shape index (κ3) is 3.90. The van der Waals surface area contributed by atoms with Crippen LogP contribution < -0.4 is 0 Å². The molecule has 0 radical (unpaired) electrons. The SMILES string of the molecule is CCn1ccc(C(CC(=O)O)CC(=O)OC)n1. The summed E-state index contributed by atoms with van der Waals surface area (Å²) >= 11 is 0. The van der Waals surface area contributed by atoms with E-state index in [0.717, 1.165) is 0 Å². The number of carbonyl (C=O) groups excluding carboxylic acids is 1. The molecule has 0 aliphatic carbocycles. The predicted molar refractivity (Wildman–Crippen MR) is 59.5 cm³/mol. The summed E-state index contributed by atoms with van der Waals surface area (Å²) in [5.41, 5.74) is 0.611. The lowest BCUT2D eigenvalue weighted by Gasteiger charge is -2.10. The molecule has 0 spiro atoms. The van der Waals surface area contributed by atoms with Gasteiger partial charge >= 0.3 is 11.9 Å². The number of ether oxygens (including phenoxy) is 1. The summed E-state index contributed by atoms with van der Waals surface area (Å²) in [6, 6.07) is 1.74. The van der Waals surface area contributed by atoms with Gasteiger partial charge in [0.15, 0.2) is 0 Å². The zero-order valence-corrected chi connectivity index (χ0v) is 9.92. The molecule has 94 valence electrons. The van der Waals surface area contributed by atoms with Crippen LogP contribution >= 0.6 is 0 Å². The minimum atomic E-state index is -0.954. The molecule has 1 rings (SSSR count). The summed E-state index contributed by atoms with van der Waals surface area (Å²) in [7, 11) is 1.28. The smallest absolute Gasteiger partial charge is 0.306 e. The Hall–Kier alpha value is -1.85. The Morgan fingerprint density at radius 1 is 1.53 bits per heavy atom. The van der Waals surface area contributed by atoms with Gasteiger partial charge in [-0.15, -0.1) is 0 Å². The second-order valence-corrected chi connectivity index (χ2v) is 3.67. The fourth-order valence-electron chi connectivity index (χ4n) is 1.55. The van der Waals surface area contributed by atoms with E-state index in [1.807, 2.05) is 6.92 Å². The summed E-state index contributed by atoms with van der Waals surface area (Å²) in [5, 5.41) is 13.0. The molecule has 6 heteroatoms. The first-order valence-corrected chi connectivity index (χ1v) is 5.38. The van der Waals surface area contributed by atoms with Crippen molar-refractivity contribution in [3.05, 3.63) is 18.0 Å². The van der Waals surface area contributed by atoms with Crippen LogP contribution in [0.1, 0.15) is 31.4 Å².